The third-order valence-electron chi connectivity index (χ3n) is 4.89. The zero-order valence-corrected chi connectivity index (χ0v) is 17.9. The second-order valence-electron chi connectivity index (χ2n) is 7.59. The van der Waals surface area contributed by atoms with Crippen molar-refractivity contribution < 1.29 is 23.2 Å². The van der Waals surface area contributed by atoms with E-state index in [1.807, 2.05) is 39.8 Å². The van der Waals surface area contributed by atoms with Crippen LogP contribution in [0.2, 0.25) is 0 Å². The van der Waals surface area contributed by atoms with Crippen molar-refractivity contribution in [2.75, 3.05) is 18.9 Å². The normalized spacial score (nSPS) is 27.8. The quantitative estimate of drug-likeness (QED) is 0.544. The number of ether oxygens (including phenoxy) is 1. The summed E-state index contributed by atoms with van der Waals surface area (Å²) in [6.45, 7) is 8.24. The van der Waals surface area contributed by atoms with Crippen LogP contribution in [0.25, 0.3) is 0 Å². The van der Waals surface area contributed by atoms with Gasteiger partial charge in [0.2, 0.25) is 5.88 Å². The molecule has 0 radical (unpaired) electrons. The van der Waals surface area contributed by atoms with E-state index in [0.717, 1.165) is 17.7 Å². The lowest BCUT2D eigenvalue weighted by Gasteiger charge is -2.32. The summed E-state index contributed by atoms with van der Waals surface area (Å²) in [5, 5.41) is 0. The largest absolute Gasteiger partial charge is 0.472 e. The fourth-order valence-corrected chi connectivity index (χ4v) is 3.98. The zero-order chi connectivity index (χ0) is 21.2. The van der Waals surface area contributed by atoms with Gasteiger partial charge in [-0.05, 0) is 31.8 Å². The predicted octanol–water partition coefficient (Wildman–Crippen LogP) is 3.59. The topological polar surface area (TPSA) is 129 Å². The first kappa shape index (κ1) is 21.6. The molecular formula is C19H27N4O5P. The van der Waals surface area contributed by atoms with Gasteiger partial charge in [0.15, 0.2) is 11.5 Å². The average molecular weight is 422 g/mol. The molecule has 1 fully saturated rings. The molecule has 158 valence electrons. The summed E-state index contributed by atoms with van der Waals surface area (Å²) in [6, 6.07) is 0. The lowest BCUT2D eigenvalue weighted by molar-refractivity contribution is 0.0449. The molecule has 2 aliphatic heterocycles. The van der Waals surface area contributed by atoms with Crippen LogP contribution in [0.5, 0.6) is 5.88 Å². The van der Waals surface area contributed by atoms with Gasteiger partial charge in [-0.15, -0.1) is 0 Å². The smallest absolute Gasteiger partial charge is 0.463 e. The summed E-state index contributed by atoms with van der Waals surface area (Å²) in [5.74, 6) is 0.667. The van der Waals surface area contributed by atoms with Crippen LogP contribution in [-0.2, 0) is 13.6 Å². The van der Waals surface area contributed by atoms with Crippen molar-refractivity contribution in [3.63, 3.8) is 0 Å². The molecule has 9 nitrogen and oxygen atoms in total. The Morgan fingerprint density at radius 2 is 2.10 bits per heavy atom. The molecule has 3 rings (SSSR count). The highest BCUT2D eigenvalue weighted by molar-refractivity contribution is 7.47. The van der Waals surface area contributed by atoms with Crippen LogP contribution in [0.3, 0.4) is 0 Å². The first-order chi connectivity index (χ1) is 13.6. The molecule has 0 aliphatic carbocycles. The molecule has 1 unspecified atom stereocenters. The van der Waals surface area contributed by atoms with Gasteiger partial charge in [-0.2, -0.15) is 4.98 Å². The number of aliphatic imine (C=N–C) groups is 1. The van der Waals surface area contributed by atoms with Gasteiger partial charge in [0.05, 0.1) is 18.9 Å². The Morgan fingerprint density at radius 1 is 1.41 bits per heavy atom. The summed E-state index contributed by atoms with van der Waals surface area (Å²) in [4.78, 5) is 22.2. The van der Waals surface area contributed by atoms with Crippen LogP contribution >= 0.6 is 7.82 Å². The number of anilines is 1. The lowest BCUT2D eigenvalue weighted by Crippen LogP contribution is -2.41. The minimum absolute atomic E-state index is 0.0225. The minimum Gasteiger partial charge on any atom is -0.463 e. The molecule has 29 heavy (non-hydrogen) atoms. The Balaban J connectivity index is 1.86. The van der Waals surface area contributed by atoms with E-state index in [-0.39, 0.29) is 30.9 Å². The fourth-order valence-electron chi connectivity index (χ4n) is 3.15. The molecule has 0 bridgehead atoms. The standard InChI is InChI=1S/C19H27N4O5P/c1-5-6-13(8-7-12(2)14-9-26-29(24,25)27-10-14)16-19(3,4)28-18-15(23-16)17(20)21-11-22-18/h6-8,11-12,14H,5,9-10H2,1-4H3,(H,24,25)(H2,20,21,22)/b8-7-,13-6+. The molecule has 0 aromatic carbocycles. The molecule has 2 aliphatic rings. The van der Waals surface area contributed by atoms with Gasteiger partial charge in [-0.25, -0.2) is 14.5 Å². The van der Waals surface area contributed by atoms with Gasteiger partial charge < -0.3 is 15.4 Å². The Hall–Kier alpha value is -2.06. The molecular weight excluding hydrogens is 395 g/mol. The fraction of sp³-hybridized carbons (Fsp3) is 0.526. The summed E-state index contributed by atoms with van der Waals surface area (Å²) in [7, 11) is -3.88. The van der Waals surface area contributed by atoms with Crippen molar-refractivity contribution in [2.24, 2.45) is 16.8 Å². The van der Waals surface area contributed by atoms with Crippen LogP contribution in [0, 0.1) is 11.8 Å². The number of hydrogen-bond donors (Lipinski definition) is 2. The highest BCUT2D eigenvalue weighted by Gasteiger charge is 2.36. The Bertz CT molecular complexity index is 900. The monoisotopic (exact) mass is 422 g/mol. The summed E-state index contributed by atoms with van der Waals surface area (Å²) >= 11 is 0. The van der Waals surface area contributed by atoms with Crippen molar-refractivity contribution in [3.8, 4) is 5.88 Å². The molecule has 0 spiro atoms. The number of phosphoric ester groups is 1. The maximum absolute atomic E-state index is 11.4. The van der Waals surface area contributed by atoms with Crippen molar-refractivity contribution in [2.45, 2.75) is 39.7 Å². The number of hydrogen-bond acceptors (Lipinski definition) is 8. The highest BCUT2D eigenvalue weighted by atomic mass is 31.2. The Morgan fingerprint density at radius 3 is 2.76 bits per heavy atom. The third kappa shape index (κ3) is 4.93. The Labute approximate surface area is 170 Å². The van der Waals surface area contributed by atoms with E-state index in [0.29, 0.717) is 11.6 Å². The van der Waals surface area contributed by atoms with E-state index < -0.39 is 13.4 Å². The molecule has 0 amide bonds. The van der Waals surface area contributed by atoms with Gasteiger partial charge in [0, 0.05) is 5.92 Å². The second kappa shape index (κ2) is 8.36. The molecule has 3 heterocycles. The van der Waals surface area contributed by atoms with Gasteiger partial charge >= 0.3 is 7.82 Å². The van der Waals surface area contributed by atoms with Crippen molar-refractivity contribution in [1.29, 1.82) is 0 Å². The molecule has 1 atom stereocenters. The van der Waals surface area contributed by atoms with Gasteiger partial charge in [0.1, 0.15) is 11.9 Å². The number of nitrogen functional groups attached to an aromatic ring is 1. The van der Waals surface area contributed by atoms with E-state index >= 15 is 0 Å². The number of fused-ring (bicyclic) bond motifs is 1. The van der Waals surface area contributed by atoms with Crippen LogP contribution in [0.15, 0.2) is 35.1 Å². The molecule has 1 aromatic heterocycles. The van der Waals surface area contributed by atoms with E-state index in [9.17, 15) is 9.46 Å². The average Bonchev–Trinajstić information content (AvgIpc) is 2.64. The van der Waals surface area contributed by atoms with E-state index in [1.165, 1.54) is 6.33 Å². The number of nitrogens with zero attached hydrogens (tertiary/aromatic N) is 3. The Kier molecular flexibility index (Phi) is 6.24. The molecule has 1 saturated heterocycles. The first-order valence-corrected chi connectivity index (χ1v) is 11.0. The number of aromatic nitrogens is 2. The van der Waals surface area contributed by atoms with Crippen LogP contribution in [0.4, 0.5) is 11.5 Å². The molecule has 0 saturated carbocycles. The second-order valence-corrected chi connectivity index (χ2v) is 9.05. The lowest BCUT2D eigenvalue weighted by atomic mass is 9.90. The third-order valence-corrected chi connectivity index (χ3v) is 5.84. The predicted molar refractivity (Wildman–Crippen MR) is 110 cm³/mol. The maximum Gasteiger partial charge on any atom is 0.472 e. The summed E-state index contributed by atoms with van der Waals surface area (Å²) in [6.07, 6.45) is 8.23. The minimum atomic E-state index is -3.88. The van der Waals surface area contributed by atoms with Crippen LogP contribution in [-0.4, -0.2) is 39.4 Å². The molecule has 1 aromatic rings. The van der Waals surface area contributed by atoms with Crippen molar-refractivity contribution in [3.05, 3.63) is 30.1 Å². The van der Waals surface area contributed by atoms with Crippen molar-refractivity contribution >= 4 is 25.0 Å². The number of phosphoric acid groups is 1. The molecule has 10 heteroatoms. The summed E-state index contributed by atoms with van der Waals surface area (Å²) in [5.41, 5.74) is 7.32. The maximum atomic E-state index is 11.4. The van der Waals surface area contributed by atoms with Crippen LogP contribution in [0.1, 0.15) is 34.1 Å². The zero-order valence-electron chi connectivity index (χ0n) is 17.0. The summed E-state index contributed by atoms with van der Waals surface area (Å²) < 4.78 is 27.3. The van der Waals surface area contributed by atoms with E-state index in [4.69, 9.17) is 24.5 Å². The van der Waals surface area contributed by atoms with Gasteiger partial charge in [-0.3, -0.25) is 9.05 Å². The van der Waals surface area contributed by atoms with Crippen molar-refractivity contribution in [1.82, 2.24) is 9.97 Å². The number of rotatable bonds is 5. The van der Waals surface area contributed by atoms with Gasteiger partial charge in [0.25, 0.3) is 0 Å². The molecule has 3 N–H and O–H groups in total. The first-order valence-electron chi connectivity index (χ1n) is 9.52. The van der Waals surface area contributed by atoms with E-state index in [2.05, 4.69) is 16.0 Å². The SMILES string of the molecule is CC/C=C(\C=C/C(C)C1COP(=O)(O)OC1)C1=Nc2c(N)ncnc2OC1(C)C. The highest BCUT2D eigenvalue weighted by Crippen LogP contribution is 2.48. The number of nitrogens with two attached hydrogens (primary N) is 1. The van der Waals surface area contributed by atoms with E-state index in [1.54, 1.807) is 0 Å². The number of allylic oxidation sites excluding steroid dienone is 3. The van der Waals surface area contributed by atoms with Gasteiger partial charge in [-0.1, -0.05) is 32.1 Å². The van der Waals surface area contributed by atoms with Crippen LogP contribution < -0.4 is 10.5 Å².